The van der Waals surface area contributed by atoms with Gasteiger partial charge in [-0.3, -0.25) is 14.4 Å². The van der Waals surface area contributed by atoms with E-state index in [2.05, 4.69) is 0 Å². The molecule has 3 rings (SSSR count). The van der Waals surface area contributed by atoms with Crippen LogP contribution in [-0.2, 0) is 14.4 Å². The Morgan fingerprint density at radius 1 is 1.19 bits per heavy atom. The van der Waals surface area contributed by atoms with Crippen LogP contribution in [0.4, 0.5) is 4.39 Å². The monoisotopic (exact) mass is 356 g/mol. The van der Waals surface area contributed by atoms with Crippen LogP contribution in [0.5, 0.6) is 0 Å². The molecular formula is C21H21FO4. The van der Waals surface area contributed by atoms with Crippen LogP contribution in [0, 0.1) is 17.7 Å². The summed E-state index contributed by atoms with van der Waals surface area (Å²) in [5, 5.41) is 9.71. The lowest BCUT2D eigenvalue weighted by Gasteiger charge is -2.24. The van der Waals surface area contributed by atoms with Crippen molar-refractivity contribution in [1.82, 2.24) is 0 Å². The number of hydrogen-bond acceptors (Lipinski definition) is 3. The lowest BCUT2D eigenvalue weighted by molar-refractivity contribution is -0.147. The first kappa shape index (κ1) is 18.2. The predicted molar refractivity (Wildman–Crippen MR) is 94.1 cm³/mol. The van der Waals surface area contributed by atoms with Crippen molar-refractivity contribution in [1.29, 1.82) is 0 Å². The van der Waals surface area contributed by atoms with Crippen molar-refractivity contribution in [2.45, 2.75) is 38.0 Å². The fourth-order valence-electron chi connectivity index (χ4n) is 3.47. The number of hydrogen-bond donors (Lipinski definition) is 1. The Labute approximate surface area is 151 Å². The number of allylic oxidation sites excluding steroid dienone is 4. The summed E-state index contributed by atoms with van der Waals surface area (Å²) >= 11 is 0. The standard InChI is InChI=1S/C21H21FO4/c22-16-10-7-13(8-11-16)17(12-9-14-3-1-2-4-18(14)23)19(21(25)26)20(24)15-5-6-15/h1-3,7-8,10-11,15,17,19H,4-6,9,12H2,(H,25,26). The maximum Gasteiger partial charge on any atom is 0.314 e. The van der Waals surface area contributed by atoms with Gasteiger partial charge in [0.15, 0.2) is 11.6 Å². The second-order valence-corrected chi connectivity index (χ2v) is 6.94. The van der Waals surface area contributed by atoms with E-state index in [-0.39, 0.29) is 17.5 Å². The van der Waals surface area contributed by atoms with Gasteiger partial charge in [-0.05, 0) is 49.0 Å². The largest absolute Gasteiger partial charge is 0.481 e. The molecule has 0 amide bonds. The molecule has 2 aliphatic rings. The van der Waals surface area contributed by atoms with E-state index < -0.39 is 23.6 Å². The Morgan fingerprint density at radius 3 is 2.46 bits per heavy atom. The van der Waals surface area contributed by atoms with Crippen LogP contribution < -0.4 is 0 Å². The molecule has 1 aromatic carbocycles. The Bertz CT molecular complexity index is 772. The third kappa shape index (κ3) is 4.15. The van der Waals surface area contributed by atoms with Crippen LogP contribution in [0.25, 0.3) is 0 Å². The predicted octanol–water partition coefficient (Wildman–Crippen LogP) is 3.82. The minimum absolute atomic E-state index is 0.0192. The van der Waals surface area contributed by atoms with Crippen molar-refractivity contribution in [3.8, 4) is 0 Å². The van der Waals surface area contributed by atoms with Gasteiger partial charge in [0.1, 0.15) is 11.7 Å². The van der Waals surface area contributed by atoms with E-state index >= 15 is 0 Å². The first-order valence-electron chi connectivity index (χ1n) is 8.88. The molecule has 0 spiro atoms. The minimum Gasteiger partial charge on any atom is -0.481 e. The second kappa shape index (κ2) is 7.77. The Balaban J connectivity index is 1.87. The van der Waals surface area contributed by atoms with Gasteiger partial charge in [-0.15, -0.1) is 0 Å². The summed E-state index contributed by atoms with van der Waals surface area (Å²) in [4.78, 5) is 36.5. The molecular weight excluding hydrogens is 335 g/mol. The van der Waals surface area contributed by atoms with E-state index in [0.717, 1.165) is 12.8 Å². The summed E-state index contributed by atoms with van der Waals surface area (Å²) in [5.74, 6) is -3.73. The van der Waals surface area contributed by atoms with Crippen molar-refractivity contribution in [2.24, 2.45) is 11.8 Å². The molecule has 2 unspecified atom stereocenters. The number of Topliss-reactive ketones (excluding diaryl/α,β-unsaturated/α-hetero) is 2. The molecule has 0 heterocycles. The topological polar surface area (TPSA) is 71.4 Å². The molecule has 0 aromatic heterocycles. The highest BCUT2D eigenvalue weighted by atomic mass is 19.1. The molecule has 0 bridgehead atoms. The Hall–Kier alpha value is -2.56. The fourth-order valence-corrected chi connectivity index (χ4v) is 3.47. The fraction of sp³-hybridized carbons (Fsp3) is 0.381. The molecule has 1 aromatic rings. The molecule has 4 nitrogen and oxygen atoms in total. The highest BCUT2D eigenvalue weighted by molar-refractivity contribution is 6.01. The average molecular weight is 356 g/mol. The van der Waals surface area contributed by atoms with Gasteiger partial charge in [-0.25, -0.2) is 4.39 Å². The molecule has 2 atom stereocenters. The molecule has 26 heavy (non-hydrogen) atoms. The van der Waals surface area contributed by atoms with Gasteiger partial charge in [0.2, 0.25) is 0 Å². The zero-order valence-electron chi connectivity index (χ0n) is 14.4. The average Bonchev–Trinajstić information content (AvgIpc) is 3.45. The van der Waals surface area contributed by atoms with Crippen LogP contribution in [0.1, 0.15) is 43.6 Å². The minimum atomic E-state index is -1.16. The van der Waals surface area contributed by atoms with E-state index in [1.54, 1.807) is 12.2 Å². The summed E-state index contributed by atoms with van der Waals surface area (Å²) in [7, 11) is 0. The zero-order chi connectivity index (χ0) is 18.7. The lowest BCUT2D eigenvalue weighted by Crippen LogP contribution is -2.31. The molecule has 5 heteroatoms. The van der Waals surface area contributed by atoms with Crippen LogP contribution in [0.15, 0.2) is 48.1 Å². The van der Waals surface area contributed by atoms with Crippen molar-refractivity contribution in [2.75, 3.05) is 0 Å². The normalized spacial score (nSPS) is 19.0. The highest BCUT2D eigenvalue weighted by Gasteiger charge is 2.43. The summed E-state index contributed by atoms with van der Waals surface area (Å²) in [6.45, 7) is 0. The lowest BCUT2D eigenvalue weighted by atomic mass is 9.78. The zero-order valence-corrected chi connectivity index (χ0v) is 14.4. The number of carbonyl (C=O) groups excluding carboxylic acids is 2. The van der Waals surface area contributed by atoms with Crippen LogP contribution >= 0.6 is 0 Å². The van der Waals surface area contributed by atoms with E-state index in [1.165, 1.54) is 24.3 Å². The van der Waals surface area contributed by atoms with Gasteiger partial charge in [0.25, 0.3) is 0 Å². The molecule has 1 N–H and O–H groups in total. The van der Waals surface area contributed by atoms with Crippen molar-refractivity contribution < 1.29 is 23.9 Å². The van der Waals surface area contributed by atoms with E-state index in [1.807, 2.05) is 6.08 Å². The number of aliphatic carboxylic acids is 1. The smallest absolute Gasteiger partial charge is 0.314 e. The van der Waals surface area contributed by atoms with E-state index in [4.69, 9.17) is 0 Å². The summed E-state index contributed by atoms with van der Waals surface area (Å²) < 4.78 is 13.3. The third-order valence-electron chi connectivity index (χ3n) is 5.07. The number of carboxylic acids is 1. The molecule has 0 saturated heterocycles. The van der Waals surface area contributed by atoms with Gasteiger partial charge in [0.05, 0.1) is 0 Å². The van der Waals surface area contributed by atoms with Crippen molar-refractivity contribution in [3.63, 3.8) is 0 Å². The van der Waals surface area contributed by atoms with Crippen molar-refractivity contribution >= 4 is 17.5 Å². The summed E-state index contributed by atoms with van der Waals surface area (Å²) in [5.41, 5.74) is 1.26. The summed E-state index contributed by atoms with van der Waals surface area (Å²) in [6, 6.07) is 5.62. The van der Waals surface area contributed by atoms with Gasteiger partial charge in [-0.1, -0.05) is 30.4 Å². The van der Waals surface area contributed by atoms with Gasteiger partial charge in [0, 0.05) is 18.3 Å². The Kier molecular flexibility index (Phi) is 5.45. The Morgan fingerprint density at radius 2 is 1.88 bits per heavy atom. The number of carboxylic acid groups (broad SMARTS) is 1. The van der Waals surface area contributed by atoms with Crippen molar-refractivity contribution in [3.05, 3.63) is 59.4 Å². The quantitative estimate of drug-likeness (QED) is 0.719. The number of carbonyl (C=O) groups is 3. The molecule has 0 aliphatic heterocycles. The number of rotatable bonds is 8. The maximum absolute atomic E-state index is 13.3. The van der Waals surface area contributed by atoms with E-state index in [9.17, 15) is 23.9 Å². The first-order chi connectivity index (χ1) is 12.5. The first-order valence-corrected chi connectivity index (χ1v) is 8.88. The van der Waals surface area contributed by atoms with Gasteiger partial charge in [-0.2, -0.15) is 0 Å². The van der Waals surface area contributed by atoms with Crippen LogP contribution in [0.3, 0.4) is 0 Å². The molecule has 1 fully saturated rings. The van der Waals surface area contributed by atoms with Crippen LogP contribution in [-0.4, -0.2) is 22.6 Å². The van der Waals surface area contributed by atoms with Gasteiger partial charge >= 0.3 is 5.97 Å². The SMILES string of the molecule is O=C1CC=CC=C1CCC(c1ccc(F)cc1)C(C(=O)O)C(=O)C1CC1. The second-order valence-electron chi connectivity index (χ2n) is 6.94. The number of halogens is 1. The maximum atomic E-state index is 13.3. The van der Waals surface area contributed by atoms with E-state index in [0.29, 0.717) is 30.4 Å². The number of benzene rings is 1. The number of ketones is 2. The summed E-state index contributed by atoms with van der Waals surface area (Å²) in [6.07, 6.45) is 7.88. The van der Waals surface area contributed by atoms with Crippen LogP contribution in [0.2, 0.25) is 0 Å². The molecule has 136 valence electrons. The highest BCUT2D eigenvalue weighted by Crippen LogP contribution is 2.39. The van der Waals surface area contributed by atoms with Gasteiger partial charge < -0.3 is 5.11 Å². The molecule has 0 radical (unpaired) electrons. The molecule has 2 aliphatic carbocycles. The molecule has 1 saturated carbocycles. The third-order valence-corrected chi connectivity index (χ3v) is 5.07.